The van der Waals surface area contributed by atoms with E-state index in [-0.39, 0.29) is 6.04 Å². The van der Waals surface area contributed by atoms with Gasteiger partial charge in [0.25, 0.3) is 0 Å². The summed E-state index contributed by atoms with van der Waals surface area (Å²) in [6.45, 7) is 0.643. The lowest BCUT2D eigenvalue weighted by atomic mass is 10.2. The van der Waals surface area contributed by atoms with Crippen LogP contribution in [0.1, 0.15) is 31.2 Å². The largest absolute Gasteiger partial charge is 0.496 e. The lowest BCUT2D eigenvalue weighted by molar-refractivity contribution is 0.407. The summed E-state index contributed by atoms with van der Waals surface area (Å²) in [5.74, 6) is 0.733. The third-order valence-electron chi connectivity index (χ3n) is 4.15. The Balaban J connectivity index is 1.85. The van der Waals surface area contributed by atoms with E-state index in [1.807, 2.05) is 0 Å². The minimum absolute atomic E-state index is 0.171. The standard InChI is InChI=1S/C15H22N2O3S/c1-17(13-5-6-13)21(18,19)14-7-8-15(20-2)11(9-14)10-16-12-3-4-12/h7-9,12-13,16H,3-6,10H2,1-2H3. The van der Waals surface area contributed by atoms with Gasteiger partial charge in [0.05, 0.1) is 12.0 Å². The molecule has 2 saturated carbocycles. The first-order chi connectivity index (χ1) is 10.0. The van der Waals surface area contributed by atoms with Crippen molar-refractivity contribution < 1.29 is 13.2 Å². The third-order valence-corrected chi connectivity index (χ3v) is 6.05. The number of benzene rings is 1. The summed E-state index contributed by atoms with van der Waals surface area (Å²) in [4.78, 5) is 0.352. The molecule has 0 bridgehead atoms. The normalized spacial score (nSPS) is 19.0. The first kappa shape index (κ1) is 14.8. The van der Waals surface area contributed by atoms with Gasteiger partial charge in [0, 0.05) is 31.2 Å². The summed E-state index contributed by atoms with van der Waals surface area (Å²) in [5, 5.41) is 3.40. The maximum atomic E-state index is 12.6. The van der Waals surface area contributed by atoms with E-state index in [1.54, 1.807) is 32.4 Å². The molecule has 3 rings (SSSR count). The molecule has 2 aliphatic rings. The maximum Gasteiger partial charge on any atom is 0.243 e. The monoisotopic (exact) mass is 310 g/mol. The van der Waals surface area contributed by atoms with Crippen molar-refractivity contribution >= 4 is 10.0 Å². The Bertz CT molecular complexity index is 622. The lowest BCUT2D eigenvalue weighted by Crippen LogP contribution is -2.29. The summed E-state index contributed by atoms with van der Waals surface area (Å²) in [6.07, 6.45) is 4.32. The highest BCUT2D eigenvalue weighted by Gasteiger charge is 2.35. The number of rotatable bonds is 7. The van der Waals surface area contributed by atoms with Crippen LogP contribution in [0.2, 0.25) is 0 Å². The van der Waals surface area contributed by atoms with Gasteiger partial charge in [-0.15, -0.1) is 0 Å². The Hall–Kier alpha value is -1.11. The van der Waals surface area contributed by atoms with Gasteiger partial charge in [-0.05, 0) is 43.9 Å². The summed E-state index contributed by atoms with van der Waals surface area (Å²) in [5.41, 5.74) is 0.898. The van der Waals surface area contributed by atoms with Crippen molar-refractivity contribution in [1.82, 2.24) is 9.62 Å². The Morgan fingerprint density at radius 3 is 2.57 bits per heavy atom. The smallest absolute Gasteiger partial charge is 0.243 e. The van der Waals surface area contributed by atoms with Crippen molar-refractivity contribution in [3.05, 3.63) is 23.8 Å². The van der Waals surface area contributed by atoms with Crippen LogP contribution in [0.15, 0.2) is 23.1 Å². The summed E-state index contributed by atoms with van der Waals surface area (Å²) in [6, 6.07) is 5.86. The van der Waals surface area contributed by atoms with Crippen molar-refractivity contribution in [2.75, 3.05) is 14.2 Å². The molecule has 116 valence electrons. The topological polar surface area (TPSA) is 58.6 Å². The Labute approximate surface area is 126 Å². The Morgan fingerprint density at radius 1 is 1.29 bits per heavy atom. The zero-order valence-electron chi connectivity index (χ0n) is 12.5. The highest BCUT2D eigenvalue weighted by atomic mass is 32.2. The molecule has 0 spiro atoms. The van der Waals surface area contributed by atoms with E-state index in [1.165, 1.54) is 17.1 Å². The first-order valence-corrected chi connectivity index (χ1v) is 8.84. The fraction of sp³-hybridized carbons (Fsp3) is 0.600. The SMILES string of the molecule is COc1ccc(S(=O)(=O)N(C)C2CC2)cc1CNC1CC1. The van der Waals surface area contributed by atoms with Crippen LogP contribution < -0.4 is 10.1 Å². The molecule has 0 atom stereocenters. The summed E-state index contributed by atoms with van der Waals surface area (Å²) in [7, 11) is -0.119. The third kappa shape index (κ3) is 3.22. The zero-order valence-corrected chi connectivity index (χ0v) is 13.3. The number of hydrogen-bond donors (Lipinski definition) is 1. The maximum absolute atomic E-state index is 12.6. The number of hydrogen-bond acceptors (Lipinski definition) is 4. The first-order valence-electron chi connectivity index (χ1n) is 7.40. The minimum atomic E-state index is -3.40. The van der Waals surface area contributed by atoms with E-state index in [0.717, 1.165) is 24.2 Å². The van der Waals surface area contributed by atoms with Crippen LogP contribution in [0.3, 0.4) is 0 Å². The molecule has 2 fully saturated rings. The molecule has 0 radical (unpaired) electrons. The Kier molecular flexibility index (Phi) is 3.94. The minimum Gasteiger partial charge on any atom is -0.496 e. The second-order valence-corrected chi connectivity index (χ2v) is 7.88. The predicted octanol–water partition coefficient (Wildman–Crippen LogP) is 1.73. The van der Waals surface area contributed by atoms with Crippen molar-refractivity contribution in [3.63, 3.8) is 0 Å². The van der Waals surface area contributed by atoms with E-state index in [4.69, 9.17) is 4.74 Å². The van der Waals surface area contributed by atoms with Gasteiger partial charge in [0.2, 0.25) is 10.0 Å². The quantitative estimate of drug-likeness (QED) is 0.833. The Morgan fingerprint density at radius 2 is 2.00 bits per heavy atom. The van der Waals surface area contributed by atoms with Gasteiger partial charge in [-0.1, -0.05) is 0 Å². The fourth-order valence-corrected chi connectivity index (χ4v) is 3.86. The van der Waals surface area contributed by atoms with Gasteiger partial charge in [0.15, 0.2) is 0 Å². The molecule has 0 aromatic heterocycles. The highest BCUT2D eigenvalue weighted by Crippen LogP contribution is 2.32. The van der Waals surface area contributed by atoms with Crippen LogP contribution >= 0.6 is 0 Å². The fourth-order valence-electron chi connectivity index (χ4n) is 2.40. The van der Waals surface area contributed by atoms with E-state index in [9.17, 15) is 8.42 Å². The van der Waals surface area contributed by atoms with Crippen molar-refractivity contribution in [2.45, 2.75) is 49.2 Å². The van der Waals surface area contributed by atoms with Gasteiger partial charge in [0.1, 0.15) is 5.75 Å². The second kappa shape index (κ2) is 5.59. The van der Waals surface area contributed by atoms with Crippen molar-refractivity contribution in [2.24, 2.45) is 0 Å². The lowest BCUT2D eigenvalue weighted by Gasteiger charge is -2.18. The van der Waals surface area contributed by atoms with Crippen LogP contribution in [0, 0.1) is 0 Å². The molecule has 0 saturated heterocycles. The second-order valence-electron chi connectivity index (χ2n) is 5.88. The molecule has 1 aromatic rings. The van der Waals surface area contributed by atoms with E-state index in [0.29, 0.717) is 17.5 Å². The summed E-state index contributed by atoms with van der Waals surface area (Å²) >= 11 is 0. The van der Waals surface area contributed by atoms with Crippen molar-refractivity contribution in [3.8, 4) is 5.75 Å². The van der Waals surface area contributed by atoms with Crippen molar-refractivity contribution in [1.29, 1.82) is 0 Å². The predicted molar refractivity (Wildman–Crippen MR) is 80.8 cm³/mol. The molecular formula is C15H22N2O3S. The van der Waals surface area contributed by atoms with Gasteiger partial charge in [-0.3, -0.25) is 0 Å². The average Bonchev–Trinajstić information content (AvgIpc) is 3.37. The number of methoxy groups -OCH3 is 1. The molecule has 1 N–H and O–H groups in total. The number of nitrogens with zero attached hydrogens (tertiary/aromatic N) is 1. The number of sulfonamides is 1. The van der Waals surface area contributed by atoms with Crippen LogP contribution in [0.5, 0.6) is 5.75 Å². The van der Waals surface area contributed by atoms with Crippen LogP contribution in [0.25, 0.3) is 0 Å². The van der Waals surface area contributed by atoms with Gasteiger partial charge >= 0.3 is 0 Å². The molecule has 0 unspecified atom stereocenters. The number of ether oxygens (including phenoxy) is 1. The number of nitrogens with one attached hydrogen (secondary N) is 1. The zero-order chi connectivity index (χ0) is 15.0. The van der Waals surface area contributed by atoms with Crippen LogP contribution in [-0.2, 0) is 16.6 Å². The van der Waals surface area contributed by atoms with E-state index in [2.05, 4.69) is 5.32 Å². The molecule has 6 heteroatoms. The molecule has 21 heavy (non-hydrogen) atoms. The van der Waals surface area contributed by atoms with E-state index >= 15 is 0 Å². The molecule has 2 aliphatic carbocycles. The van der Waals surface area contributed by atoms with Crippen LogP contribution in [0.4, 0.5) is 0 Å². The molecule has 1 aromatic carbocycles. The van der Waals surface area contributed by atoms with E-state index < -0.39 is 10.0 Å². The summed E-state index contributed by atoms with van der Waals surface area (Å²) < 4.78 is 32.0. The molecule has 0 amide bonds. The average molecular weight is 310 g/mol. The van der Waals surface area contributed by atoms with Gasteiger partial charge < -0.3 is 10.1 Å². The van der Waals surface area contributed by atoms with Gasteiger partial charge in [-0.2, -0.15) is 4.31 Å². The highest BCUT2D eigenvalue weighted by molar-refractivity contribution is 7.89. The molecule has 5 nitrogen and oxygen atoms in total. The molecule has 0 aliphatic heterocycles. The van der Waals surface area contributed by atoms with Gasteiger partial charge in [-0.25, -0.2) is 8.42 Å². The molecular weight excluding hydrogens is 288 g/mol. The molecule has 0 heterocycles. The van der Waals surface area contributed by atoms with Crippen LogP contribution in [-0.4, -0.2) is 39.0 Å².